The van der Waals surface area contributed by atoms with Gasteiger partial charge in [-0.1, -0.05) is 6.92 Å². The fourth-order valence-electron chi connectivity index (χ4n) is 1.15. The van der Waals surface area contributed by atoms with Crippen LogP contribution in [0.4, 0.5) is 0 Å². The van der Waals surface area contributed by atoms with Gasteiger partial charge in [0.25, 0.3) is 0 Å². The lowest BCUT2D eigenvalue weighted by Crippen LogP contribution is -2.27. The molecule has 0 aromatic carbocycles. The van der Waals surface area contributed by atoms with Crippen molar-refractivity contribution >= 4 is 23.5 Å². The summed E-state index contributed by atoms with van der Waals surface area (Å²) in [5.41, 5.74) is 0. The van der Waals surface area contributed by atoms with Crippen molar-refractivity contribution in [2.45, 2.75) is 40.2 Å². The summed E-state index contributed by atoms with van der Waals surface area (Å²) in [5.74, 6) is 0.774. The van der Waals surface area contributed by atoms with Crippen molar-refractivity contribution in [3.05, 3.63) is 0 Å². The third-order valence-corrected chi connectivity index (χ3v) is 2.81. The number of esters is 1. The molecular formula is C11H20O3S. The van der Waals surface area contributed by atoms with E-state index in [9.17, 15) is 9.59 Å². The van der Waals surface area contributed by atoms with E-state index in [4.69, 9.17) is 4.74 Å². The zero-order valence-corrected chi connectivity index (χ0v) is 10.7. The number of hydrogen-bond acceptors (Lipinski definition) is 4. The Morgan fingerprint density at radius 2 is 1.93 bits per heavy atom. The zero-order valence-electron chi connectivity index (χ0n) is 9.91. The predicted octanol–water partition coefficient (Wildman–Crippen LogP) is 2.29. The molecule has 3 nitrogen and oxygen atoms in total. The molecule has 1 unspecified atom stereocenters. The van der Waals surface area contributed by atoms with Crippen molar-refractivity contribution < 1.29 is 14.3 Å². The number of ketones is 1. The average molecular weight is 232 g/mol. The molecule has 0 fully saturated rings. The third-order valence-electron chi connectivity index (χ3n) is 1.88. The Balaban J connectivity index is 4.14. The van der Waals surface area contributed by atoms with E-state index in [2.05, 4.69) is 6.92 Å². The molecule has 0 rings (SSSR count). The Bertz CT molecular complexity index is 214. The van der Waals surface area contributed by atoms with Gasteiger partial charge in [0.2, 0.25) is 0 Å². The summed E-state index contributed by atoms with van der Waals surface area (Å²) in [6, 6.07) is 0. The number of ether oxygens (including phenoxy) is 1. The fourth-order valence-corrected chi connectivity index (χ4v) is 1.84. The maximum Gasteiger partial charge on any atom is 0.316 e. The molecule has 0 aliphatic heterocycles. The van der Waals surface area contributed by atoms with Crippen LogP contribution >= 0.6 is 11.8 Å². The lowest BCUT2D eigenvalue weighted by atomic mass is 10.0. The van der Waals surface area contributed by atoms with Crippen LogP contribution in [0.1, 0.15) is 34.1 Å². The van der Waals surface area contributed by atoms with E-state index in [0.717, 1.165) is 11.5 Å². The predicted molar refractivity (Wildman–Crippen MR) is 63.0 cm³/mol. The smallest absolute Gasteiger partial charge is 0.316 e. The second-order valence-electron chi connectivity index (χ2n) is 3.63. The molecule has 0 aromatic heterocycles. The topological polar surface area (TPSA) is 43.4 Å². The quantitative estimate of drug-likeness (QED) is 0.384. The van der Waals surface area contributed by atoms with E-state index in [-0.39, 0.29) is 17.9 Å². The molecule has 0 aliphatic carbocycles. The Labute approximate surface area is 95.9 Å². The number of carbonyl (C=O) groups is 2. The molecule has 0 saturated carbocycles. The number of Topliss-reactive ketones (excluding diaryl/α,β-unsaturated/α-hetero) is 1. The van der Waals surface area contributed by atoms with Gasteiger partial charge in [0.1, 0.15) is 11.7 Å². The summed E-state index contributed by atoms with van der Waals surface area (Å²) >= 11 is 1.73. The molecule has 0 spiro atoms. The van der Waals surface area contributed by atoms with Gasteiger partial charge in [-0.3, -0.25) is 9.59 Å². The van der Waals surface area contributed by atoms with Crippen LogP contribution in [0.5, 0.6) is 0 Å². The highest BCUT2D eigenvalue weighted by Gasteiger charge is 2.24. The van der Waals surface area contributed by atoms with Crippen LogP contribution in [0.25, 0.3) is 0 Å². The standard InChI is InChI=1S/C11H20O3S/c1-5-15-7-6-10(9(4)12)11(13)14-8(2)3/h8,10H,5-7H2,1-4H3. The van der Waals surface area contributed by atoms with E-state index in [1.54, 1.807) is 25.6 Å². The van der Waals surface area contributed by atoms with Gasteiger partial charge < -0.3 is 4.74 Å². The van der Waals surface area contributed by atoms with Gasteiger partial charge in [-0.25, -0.2) is 0 Å². The molecule has 0 saturated heterocycles. The van der Waals surface area contributed by atoms with E-state index >= 15 is 0 Å². The lowest BCUT2D eigenvalue weighted by Gasteiger charge is -2.14. The van der Waals surface area contributed by atoms with Crippen molar-refractivity contribution in [1.82, 2.24) is 0 Å². The van der Waals surface area contributed by atoms with Crippen LogP contribution in [0, 0.1) is 5.92 Å². The summed E-state index contributed by atoms with van der Waals surface area (Å²) in [4.78, 5) is 22.8. The van der Waals surface area contributed by atoms with Crippen LogP contribution in [-0.2, 0) is 14.3 Å². The van der Waals surface area contributed by atoms with Crippen LogP contribution in [-0.4, -0.2) is 29.4 Å². The highest BCUT2D eigenvalue weighted by atomic mass is 32.2. The first-order valence-electron chi connectivity index (χ1n) is 5.27. The molecule has 0 aliphatic rings. The number of carbonyl (C=O) groups excluding carboxylic acids is 2. The number of thioether (sulfide) groups is 1. The maximum atomic E-state index is 11.5. The Morgan fingerprint density at radius 1 is 1.33 bits per heavy atom. The van der Waals surface area contributed by atoms with Gasteiger partial charge in [-0.2, -0.15) is 11.8 Å². The zero-order chi connectivity index (χ0) is 11.8. The Kier molecular flexibility index (Phi) is 7.48. The highest BCUT2D eigenvalue weighted by molar-refractivity contribution is 7.99. The second kappa shape index (κ2) is 7.74. The molecule has 0 aromatic rings. The Morgan fingerprint density at radius 3 is 2.33 bits per heavy atom. The van der Waals surface area contributed by atoms with Crippen LogP contribution < -0.4 is 0 Å². The van der Waals surface area contributed by atoms with Crippen LogP contribution in [0.15, 0.2) is 0 Å². The van der Waals surface area contributed by atoms with Gasteiger partial charge in [0.05, 0.1) is 6.10 Å². The van der Waals surface area contributed by atoms with Crippen molar-refractivity contribution in [2.75, 3.05) is 11.5 Å². The molecule has 88 valence electrons. The van der Waals surface area contributed by atoms with E-state index in [1.807, 2.05) is 0 Å². The molecular weight excluding hydrogens is 212 g/mol. The fraction of sp³-hybridized carbons (Fsp3) is 0.818. The van der Waals surface area contributed by atoms with Crippen LogP contribution in [0.2, 0.25) is 0 Å². The molecule has 0 bridgehead atoms. The molecule has 0 heterocycles. The summed E-state index contributed by atoms with van der Waals surface area (Å²) in [6.45, 7) is 7.08. The van der Waals surface area contributed by atoms with Crippen molar-refractivity contribution in [3.8, 4) is 0 Å². The minimum absolute atomic E-state index is 0.0997. The number of rotatable bonds is 7. The average Bonchev–Trinajstić information content (AvgIpc) is 2.10. The summed E-state index contributed by atoms with van der Waals surface area (Å²) in [7, 11) is 0. The van der Waals surface area contributed by atoms with Gasteiger partial charge in [-0.05, 0) is 38.7 Å². The van der Waals surface area contributed by atoms with E-state index < -0.39 is 5.92 Å². The highest BCUT2D eigenvalue weighted by Crippen LogP contribution is 2.13. The summed E-state index contributed by atoms with van der Waals surface area (Å²) in [6.07, 6.45) is 0.428. The van der Waals surface area contributed by atoms with Gasteiger partial charge >= 0.3 is 5.97 Å². The van der Waals surface area contributed by atoms with Gasteiger partial charge in [0.15, 0.2) is 0 Å². The monoisotopic (exact) mass is 232 g/mol. The first kappa shape index (κ1) is 14.5. The molecule has 0 amide bonds. The molecule has 1 atom stereocenters. The number of hydrogen-bond donors (Lipinski definition) is 0. The molecule has 15 heavy (non-hydrogen) atoms. The third kappa shape index (κ3) is 6.55. The molecule has 4 heteroatoms. The lowest BCUT2D eigenvalue weighted by molar-refractivity contribution is -0.155. The minimum atomic E-state index is -0.577. The van der Waals surface area contributed by atoms with Gasteiger partial charge in [-0.15, -0.1) is 0 Å². The first-order valence-corrected chi connectivity index (χ1v) is 6.43. The normalized spacial score (nSPS) is 12.6. The molecule has 0 radical (unpaired) electrons. The van der Waals surface area contributed by atoms with Crippen molar-refractivity contribution in [1.29, 1.82) is 0 Å². The van der Waals surface area contributed by atoms with Gasteiger partial charge in [0, 0.05) is 0 Å². The van der Waals surface area contributed by atoms with Crippen molar-refractivity contribution in [3.63, 3.8) is 0 Å². The minimum Gasteiger partial charge on any atom is -0.462 e. The first-order chi connectivity index (χ1) is 6.99. The summed E-state index contributed by atoms with van der Waals surface area (Å²) in [5, 5.41) is 0. The van der Waals surface area contributed by atoms with Crippen LogP contribution in [0.3, 0.4) is 0 Å². The Hall–Kier alpha value is -0.510. The molecule has 0 N–H and O–H groups in total. The largest absolute Gasteiger partial charge is 0.462 e. The van der Waals surface area contributed by atoms with E-state index in [0.29, 0.717) is 6.42 Å². The second-order valence-corrected chi connectivity index (χ2v) is 5.03. The van der Waals surface area contributed by atoms with Crippen molar-refractivity contribution in [2.24, 2.45) is 5.92 Å². The SMILES string of the molecule is CCSCCC(C(C)=O)C(=O)OC(C)C. The maximum absolute atomic E-state index is 11.5. The summed E-state index contributed by atoms with van der Waals surface area (Å²) < 4.78 is 5.04. The van der Waals surface area contributed by atoms with E-state index in [1.165, 1.54) is 6.92 Å².